The SMILES string of the molecule is COc1ccc(CN2CCN(CC(=O)Nc3c(C)cc(C)cc3C)CC2)cc1OC. The molecule has 6 nitrogen and oxygen atoms in total. The van der Waals surface area contributed by atoms with Gasteiger partial charge in [0.05, 0.1) is 20.8 Å². The number of amides is 1. The van der Waals surface area contributed by atoms with Crippen LogP contribution in [0.3, 0.4) is 0 Å². The van der Waals surface area contributed by atoms with Crippen LogP contribution in [0.5, 0.6) is 11.5 Å². The predicted molar refractivity (Wildman–Crippen MR) is 121 cm³/mol. The van der Waals surface area contributed by atoms with Crippen molar-refractivity contribution in [3.63, 3.8) is 0 Å². The summed E-state index contributed by atoms with van der Waals surface area (Å²) >= 11 is 0. The minimum absolute atomic E-state index is 0.0541. The van der Waals surface area contributed by atoms with E-state index < -0.39 is 0 Å². The monoisotopic (exact) mass is 411 g/mol. The molecule has 162 valence electrons. The van der Waals surface area contributed by atoms with Gasteiger partial charge in [-0.25, -0.2) is 0 Å². The van der Waals surface area contributed by atoms with E-state index in [4.69, 9.17) is 9.47 Å². The van der Waals surface area contributed by atoms with Gasteiger partial charge in [-0.2, -0.15) is 0 Å². The Morgan fingerprint density at radius 2 is 1.50 bits per heavy atom. The molecule has 1 heterocycles. The molecule has 0 unspecified atom stereocenters. The van der Waals surface area contributed by atoms with E-state index >= 15 is 0 Å². The Bertz CT molecular complexity index is 866. The molecule has 30 heavy (non-hydrogen) atoms. The molecule has 1 aliphatic heterocycles. The van der Waals surface area contributed by atoms with E-state index in [0.29, 0.717) is 6.54 Å². The van der Waals surface area contributed by atoms with Crippen molar-refractivity contribution < 1.29 is 14.3 Å². The second-order valence-corrected chi connectivity index (χ2v) is 8.06. The highest BCUT2D eigenvalue weighted by Gasteiger charge is 2.20. The number of rotatable bonds is 7. The van der Waals surface area contributed by atoms with Crippen molar-refractivity contribution in [2.24, 2.45) is 0 Å². The Balaban J connectivity index is 1.49. The lowest BCUT2D eigenvalue weighted by molar-refractivity contribution is -0.117. The summed E-state index contributed by atoms with van der Waals surface area (Å²) in [6, 6.07) is 10.3. The van der Waals surface area contributed by atoms with Gasteiger partial charge in [-0.05, 0) is 49.6 Å². The highest BCUT2D eigenvalue weighted by Crippen LogP contribution is 2.28. The Morgan fingerprint density at radius 3 is 2.10 bits per heavy atom. The van der Waals surface area contributed by atoms with Crippen LogP contribution >= 0.6 is 0 Å². The van der Waals surface area contributed by atoms with Crippen LogP contribution in [0.2, 0.25) is 0 Å². The first-order valence-corrected chi connectivity index (χ1v) is 10.4. The maximum atomic E-state index is 12.6. The number of hydrogen-bond acceptors (Lipinski definition) is 5. The van der Waals surface area contributed by atoms with Crippen LogP contribution in [0.25, 0.3) is 0 Å². The van der Waals surface area contributed by atoms with Crippen LogP contribution in [0.4, 0.5) is 5.69 Å². The lowest BCUT2D eigenvalue weighted by atomic mass is 10.1. The van der Waals surface area contributed by atoms with Gasteiger partial charge in [0, 0.05) is 38.4 Å². The number of hydrogen-bond donors (Lipinski definition) is 1. The molecule has 0 aliphatic carbocycles. The number of methoxy groups -OCH3 is 2. The predicted octanol–water partition coefficient (Wildman–Crippen LogP) is 3.39. The minimum Gasteiger partial charge on any atom is -0.493 e. The molecule has 6 heteroatoms. The van der Waals surface area contributed by atoms with Crippen LogP contribution in [0.1, 0.15) is 22.3 Å². The van der Waals surface area contributed by atoms with E-state index in [1.54, 1.807) is 14.2 Å². The van der Waals surface area contributed by atoms with E-state index in [2.05, 4.69) is 40.2 Å². The van der Waals surface area contributed by atoms with Gasteiger partial charge < -0.3 is 14.8 Å². The Hall–Kier alpha value is -2.57. The van der Waals surface area contributed by atoms with Crippen molar-refractivity contribution in [3.8, 4) is 11.5 Å². The maximum absolute atomic E-state index is 12.6. The zero-order chi connectivity index (χ0) is 21.7. The van der Waals surface area contributed by atoms with E-state index in [1.165, 1.54) is 11.1 Å². The third-order valence-electron chi connectivity index (χ3n) is 5.63. The molecule has 1 N–H and O–H groups in total. The van der Waals surface area contributed by atoms with Crippen LogP contribution in [-0.4, -0.2) is 62.7 Å². The number of ether oxygens (including phenoxy) is 2. The van der Waals surface area contributed by atoms with Gasteiger partial charge in [-0.1, -0.05) is 23.8 Å². The van der Waals surface area contributed by atoms with E-state index in [1.807, 2.05) is 26.0 Å². The summed E-state index contributed by atoms with van der Waals surface area (Å²) in [5.74, 6) is 1.56. The van der Waals surface area contributed by atoms with Gasteiger partial charge in [-0.15, -0.1) is 0 Å². The van der Waals surface area contributed by atoms with Gasteiger partial charge in [0.1, 0.15) is 0 Å². The summed E-state index contributed by atoms with van der Waals surface area (Å²) in [5, 5.41) is 3.11. The zero-order valence-corrected chi connectivity index (χ0v) is 18.7. The third kappa shape index (κ3) is 5.52. The minimum atomic E-state index is 0.0541. The first-order chi connectivity index (χ1) is 14.4. The zero-order valence-electron chi connectivity index (χ0n) is 18.7. The van der Waals surface area contributed by atoms with Gasteiger partial charge in [0.2, 0.25) is 5.91 Å². The van der Waals surface area contributed by atoms with Crippen molar-refractivity contribution in [3.05, 3.63) is 52.6 Å². The van der Waals surface area contributed by atoms with E-state index in [9.17, 15) is 4.79 Å². The van der Waals surface area contributed by atoms with Gasteiger partial charge >= 0.3 is 0 Å². The first kappa shape index (κ1) is 22.1. The largest absolute Gasteiger partial charge is 0.493 e. The number of carbonyl (C=O) groups excluding carboxylic acids is 1. The summed E-state index contributed by atoms with van der Waals surface area (Å²) in [4.78, 5) is 17.2. The quantitative estimate of drug-likeness (QED) is 0.757. The number of benzene rings is 2. The standard InChI is InChI=1S/C24H33N3O3/c1-17-12-18(2)24(19(3)13-17)25-23(28)16-27-10-8-26(9-11-27)15-20-6-7-21(29-4)22(14-20)30-5/h6-7,12-14H,8-11,15-16H2,1-5H3,(H,25,28). The van der Waals surface area contributed by atoms with Crippen LogP contribution in [-0.2, 0) is 11.3 Å². The third-order valence-corrected chi connectivity index (χ3v) is 5.63. The van der Waals surface area contributed by atoms with Gasteiger partial charge in [0.25, 0.3) is 0 Å². The van der Waals surface area contributed by atoms with Crippen molar-refractivity contribution >= 4 is 11.6 Å². The van der Waals surface area contributed by atoms with Crippen LogP contribution < -0.4 is 14.8 Å². The van der Waals surface area contributed by atoms with Crippen molar-refractivity contribution in [1.82, 2.24) is 9.80 Å². The Labute approximate surface area is 179 Å². The molecule has 2 aromatic carbocycles. The molecule has 1 aliphatic rings. The second-order valence-electron chi connectivity index (χ2n) is 8.06. The molecule has 0 atom stereocenters. The van der Waals surface area contributed by atoms with Gasteiger partial charge in [-0.3, -0.25) is 14.6 Å². The molecule has 0 bridgehead atoms. The van der Waals surface area contributed by atoms with Crippen molar-refractivity contribution in [2.75, 3.05) is 52.3 Å². The molecule has 2 aromatic rings. The fourth-order valence-electron chi connectivity index (χ4n) is 4.10. The number of aryl methyl sites for hydroxylation is 3. The van der Waals surface area contributed by atoms with E-state index in [-0.39, 0.29) is 5.91 Å². The average molecular weight is 412 g/mol. The van der Waals surface area contributed by atoms with Crippen LogP contribution in [0, 0.1) is 20.8 Å². The van der Waals surface area contributed by atoms with Crippen molar-refractivity contribution in [1.29, 1.82) is 0 Å². The molecule has 0 spiro atoms. The highest BCUT2D eigenvalue weighted by atomic mass is 16.5. The molecule has 1 saturated heterocycles. The fourth-order valence-corrected chi connectivity index (χ4v) is 4.10. The fraction of sp³-hybridized carbons (Fsp3) is 0.458. The molecule has 0 radical (unpaired) electrons. The molecular weight excluding hydrogens is 378 g/mol. The van der Waals surface area contributed by atoms with Crippen LogP contribution in [0.15, 0.2) is 30.3 Å². The number of nitrogens with one attached hydrogen (secondary N) is 1. The first-order valence-electron chi connectivity index (χ1n) is 10.4. The normalized spacial score (nSPS) is 15.1. The Morgan fingerprint density at radius 1 is 0.900 bits per heavy atom. The number of piperazine rings is 1. The Kier molecular flexibility index (Phi) is 7.34. The molecular formula is C24H33N3O3. The lowest BCUT2D eigenvalue weighted by Crippen LogP contribution is -2.48. The molecule has 0 saturated carbocycles. The summed E-state index contributed by atoms with van der Waals surface area (Å²) in [5.41, 5.74) is 5.58. The maximum Gasteiger partial charge on any atom is 0.238 e. The van der Waals surface area contributed by atoms with E-state index in [0.717, 1.165) is 61.0 Å². The molecule has 0 aromatic heterocycles. The summed E-state index contributed by atoms with van der Waals surface area (Å²) in [6.45, 7) is 11.1. The smallest absolute Gasteiger partial charge is 0.238 e. The highest BCUT2D eigenvalue weighted by molar-refractivity contribution is 5.93. The molecule has 3 rings (SSSR count). The number of anilines is 1. The summed E-state index contributed by atoms with van der Waals surface area (Å²) < 4.78 is 10.7. The second kappa shape index (κ2) is 9.96. The topological polar surface area (TPSA) is 54.0 Å². The lowest BCUT2D eigenvalue weighted by Gasteiger charge is -2.34. The number of nitrogens with zero attached hydrogens (tertiary/aromatic N) is 2. The average Bonchev–Trinajstić information content (AvgIpc) is 2.72. The van der Waals surface area contributed by atoms with Crippen molar-refractivity contribution in [2.45, 2.75) is 27.3 Å². The molecule has 1 fully saturated rings. The number of carbonyl (C=O) groups is 1. The summed E-state index contributed by atoms with van der Waals surface area (Å²) in [6.07, 6.45) is 0. The summed E-state index contributed by atoms with van der Waals surface area (Å²) in [7, 11) is 3.30. The van der Waals surface area contributed by atoms with Gasteiger partial charge in [0.15, 0.2) is 11.5 Å². The molecule has 1 amide bonds.